The highest BCUT2D eigenvalue weighted by molar-refractivity contribution is 6.69. The lowest BCUT2D eigenvalue weighted by Crippen LogP contribution is -2.36. The molecule has 0 aliphatic carbocycles. The number of hydrogen-bond acceptors (Lipinski definition) is 1. The maximum absolute atomic E-state index is 12.4. The molecule has 0 amide bonds. The predicted octanol–water partition coefficient (Wildman–Crippen LogP) is 3.82. The summed E-state index contributed by atoms with van der Waals surface area (Å²) in [4.78, 5) is 0. The van der Waals surface area contributed by atoms with E-state index in [0.717, 1.165) is 0 Å². The fourth-order valence-corrected chi connectivity index (χ4v) is 1.57. The van der Waals surface area contributed by atoms with Crippen molar-refractivity contribution >= 4 is 8.32 Å². The van der Waals surface area contributed by atoms with E-state index in [1.54, 1.807) is 0 Å². The summed E-state index contributed by atoms with van der Waals surface area (Å²) in [6, 6.07) is 0. The van der Waals surface area contributed by atoms with Crippen LogP contribution < -0.4 is 0 Å². The number of rotatable bonds is 5. The molecular weight excluding hydrogens is 235 g/mol. The normalized spacial score (nSPS) is 14.4. The molecule has 0 aromatic heterocycles. The molecule has 0 aromatic rings. The highest BCUT2D eigenvalue weighted by Crippen LogP contribution is 2.38. The van der Waals surface area contributed by atoms with Crippen LogP contribution in [0.25, 0.3) is 0 Å². The highest BCUT2D eigenvalue weighted by atomic mass is 28.4. The standard InChI is InChI=1S/C8H15F5OSi/c1-15(2,3)14-6-4-5-7(9,10)8(11,12)13/h4-6H2,1-3H3. The highest BCUT2D eigenvalue weighted by Gasteiger charge is 2.56. The molecule has 0 bridgehead atoms. The van der Waals surface area contributed by atoms with Crippen molar-refractivity contribution in [3.63, 3.8) is 0 Å². The maximum Gasteiger partial charge on any atom is 0.453 e. The monoisotopic (exact) mass is 250 g/mol. The maximum atomic E-state index is 12.4. The van der Waals surface area contributed by atoms with Gasteiger partial charge < -0.3 is 4.43 Å². The summed E-state index contributed by atoms with van der Waals surface area (Å²) in [5, 5.41) is 0. The van der Waals surface area contributed by atoms with Crippen LogP contribution in [0.15, 0.2) is 0 Å². The summed E-state index contributed by atoms with van der Waals surface area (Å²) >= 11 is 0. The Morgan fingerprint density at radius 1 is 1.00 bits per heavy atom. The van der Waals surface area contributed by atoms with E-state index in [4.69, 9.17) is 4.43 Å². The first kappa shape index (κ1) is 14.8. The summed E-state index contributed by atoms with van der Waals surface area (Å²) in [5.74, 6) is -4.60. The van der Waals surface area contributed by atoms with Gasteiger partial charge in [0.1, 0.15) is 0 Å². The van der Waals surface area contributed by atoms with E-state index >= 15 is 0 Å². The van der Waals surface area contributed by atoms with Gasteiger partial charge in [-0.05, 0) is 26.1 Å². The average molecular weight is 250 g/mol. The average Bonchev–Trinajstić information content (AvgIpc) is 1.94. The van der Waals surface area contributed by atoms with Crippen LogP contribution in [0.1, 0.15) is 12.8 Å². The van der Waals surface area contributed by atoms with Crippen molar-refractivity contribution in [3.05, 3.63) is 0 Å². The zero-order valence-corrected chi connectivity index (χ0v) is 9.92. The summed E-state index contributed by atoms with van der Waals surface area (Å²) in [6.07, 6.45) is -6.94. The van der Waals surface area contributed by atoms with Gasteiger partial charge >= 0.3 is 12.1 Å². The lowest BCUT2D eigenvalue weighted by atomic mass is 10.2. The predicted molar refractivity (Wildman–Crippen MR) is 49.5 cm³/mol. The molecule has 7 heteroatoms. The van der Waals surface area contributed by atoms with E-state index in [1.165, 1.54) is 0 Å². The van der Waals surface area contributed by atoms with Gasteiger partial charge in [-0.3, -0.25) is 0 Å². The molecule has 15 heavy (non-hydrogen) atoms. The molecule has 0 N–H and O–H groups in total. The Hall–Kier alpha value is -0.173. The van der Waals surface area contributed by atoms with E-state index in [-0.39, 0.29) is 13.0 Å². The van der Waals surface area contributed by atoms with Gasteiger partial charge in [-0.1, -0.05) is 0 Å². The molecule has 0 radical (unpaired) electrons. The van der Waals surface area contributed by atoms with Gasteiger partial charge in [-0.25, -0.2) is 0 Å². The summed E-state index contributed by atoms with van der Waals surface area (Å²) < 4.78 is 65.1. The van der Waals surface area contributed by atoms with Crippen LogP contribution in [0.5, 0.6) is 0 Å². The molecular formula is C8H15F5OSi. The second-order valence-electron chi connectivity index (χ2n) is 4.27. The van der Waals surface area contributed by atoms with Crippen LogP contribution in [-0.4, -0.2) is 27.0 Å². The largest absolute Gasteiger partial charge is 0.453 e. The Labute approximate surface area is 86.7 Å². The lowest BCUT2D eigenvalue weighted by Gasteiger charge is -2.21. The minimum atomic E-state index is -5.45. The molecule has 0 spiro atoms. The van der Waals surface area contributed by atoms with Crippen molar-refractivity contribution in [3.8, 4) is 0 Å². The Bertz CT molecular complexity index is 196. The Morgan fingerprint density at radius 3 is 1.80 bits per heavy atom. The second kappa shape index (κ2) is 4.78. The SMILES string of the molecule is C[Si](C)(C)OCCCC(F)(F)C(F)(F)F. The number of halogens is 5. The fourth-order valence-electron chi connectivity index (χ4n) is 0.814. The van der Waals surface area contributed by atoms with Crippen LogP contribution in [0.4, 0.5) is 22.0 Å². The topological polar surface area (TPSA) is 9.23 Å². The number of alkyl halides is 5. The minimum Gasteiger partial charge on any atom is -0.418 e. The quantitative estimate of drug-likeness (QED) is 0.409. The first-order valence-corrected chi connectivity index (χ1v) is 7.95. The van der Waals surface area contributed by atoms with Crippen molar-refractivity contribution in [2.75, 3.05) is 6.61 Å². The van der Waals surface area contributed by atoms with Crippen molar-refractivity contribution in [1.82, 2.24) is 0 Å². The zero-order chi connectivity index (χ0) is 12.3. The van der Waals surface area contributed by atoms with Gasteiger partial charge in [0.05, 0.1) is 0 Å². The molecule has 0 fully saturated rings. The second-order valence-corrected chi connectivity index (χ2v) is 8.78. The Balaban J connectivity index is 3.87. The molecule has 0 aliphatic rings. The van der Waals surface area contributed by atoms with Gasteiger partial charge in [-0.2, -0.15) is 22.0 Å². The smallest absolute Gasteiger partial charge is 0.418 e. The van der Waals surface area contributed by atoms with Gasteiger partial charge in [-0.15, -0.1) is 0 Å². The summed E-state index contributed by atoms with van der Waals surface area (Å²) in [6.45, 7) is 5.49. The Kier molecular flexibility index (Phi) is 4.72. The molecule has 0 saturated heterocycles. The minimum absolute atomic E-state index is 0.0403. The van der Waals surface area contributed by atoms with E-state index in [0.29, 0.717) is 0 Å². The summed E-state index contributed by atoms with van der Waals surface area (Å²) in [5.41, 5.74) is 0. The van der Waals surface area contributed by atoms with Crippen molar-refractivity contribution in [1.29, 1.82) is 0 Å². The molecule has 1 nitrogen and oxygen atoms in total. The van der Waals surface area contributed by atoms with Crippen molar-refractivity contribution in [2.24, 2.45) is 0 Å². The number of hydrogen-bond donors (Lipinski definition) is 0. The van der Waals surface area contributed by atoms with Crippen LogP contribution >= 0.6 is 0 Å². The Morgan fingerprint density at radius 2 is 1.47 bits per heavy atom. The van der Waals surface area contributed by atoms with Crippen LogP contribution in [0.3, 0.4) is 0 Å². The van der Waals surface area contributed by atoms with Gasteiger partial charge in [0, 0.05) is 13.0 Å². The third-order valence-corrected chi connectivity index (χ3v) is 2.66. The van der Waals surface area contributed by atoms with Gasteiger partial charge in [0.2, 0.25) is 0 Å². The van der Waals surface area contributed by atoms with Gasteiger partial charge in [0.25, 0.3) is 0 Å². The summed E-state index contributed by atoms with van der Waals surface area (Å²) in [7, 11) is -1.83. The third kappa shape index (κ3) is 6.09. The lowest BCUT2D eigenvalue weighted by molar-refractivity contribution is -0.284. The van der Waals surface area contributed by atoms with Crippen molar-refractivity contribution in [2.45, 2.75) is 44.6 Å². The molecule has 0 aliphatic heterocycles. The molecule has 0 aromatic carbocycles. The van der Waals surface area contributed by atoms with Gasteiger partial charge in [0.15, 0.2) is 8.32 Å². The van der Waals surface area contributed by atoms with Crippen LogP contribution in [0.2, 0.25) is 19.6 Å². The molecule has 0 heterocycles. The molecule has 92 valence electrons. The van der Waals surface area contributed by atoms with E-state index < -0.39 is 26.8 Å². The molecule has 0 rings (SSSR count). The van der Waals surface area contributed by atoms with E-state index in [2.05, 4.69) is 0 Å². The zero-order valence-electron chi connectivity index (χ0n) is 8.92. The first-order chi connectivity index (χ1) is 6.46. The van der Waals surface area contributed by atoms with Crippen LogP contribution in [-0.2, 0) is 4.43 Å². The molecule has 0 saturated carbocycles. The van der Waals surface area contributed by atoms with Crippen molar-refractivity contribution < 1.29 is 26.4 Å². The van der Waals surface area contributed by atoms with E-state index in [9.17, 15) is 22.0 Å². The third-order valence-electron chi connectivity index (χ3n) is 1.58. The molecule has 0 atom stereocenters. The molecule has 0 unspecified atom stereocenters. The fraction of sp³-hybridized carbons (Fsp3) is 1.00. The van der Waals surface area contributed by atoms with Crippen LogP contribution in [0, 0.1) is 0 Å². The van der Waals surface area contributed by atoms with E-state index in [1.807, 2.05) is 19.6 Å². The first-order valence-electron chi connectivity index (χ1n) is 4.54.